The number of nitrogens with zero attached hydrogens (tertiary/aromatic N) is 2. The van der Waals surface area contributed by atoms with Gasteiger partial charge in [0, 0.05) is 21.0 Å². The molecule has 1 heterocycles. The summed E-state index contributed by atoms with van der Waals surface area (Å²) >= 11 is 0. The molecule has 17 heavy (non-hydrogen) atoms. The maximum absolute atomic E-state index is 12.7. The van der Waals surface area contributed by atoms with Crippen molar-refractivity contribution in [3.8, 4) is 0 Å². The summed E-state index contributed by atoms with van der Waals surface area (Å²) in [6.07, 6.45) is -4.64. The quantitative estimate of drug-likeness (QED) is 0.826. The van der Waals surface area contributed by atoms with Gasteiger partial charge in [0.2, 0.25) is 5.91 Å². The fourth-order valence-corrected chi connectivity index (χ4v) is 1.50. The van der Waals surface area contributed by atoms with Crippen molar-refractivity contribution in [3.05, 3.63) is 21.6 Å². The third-order valence-electron chi connectivity index (χ3n) is 2.39. The van der Waals surface area contributed by atoms with Crippen LogP contribution in [0, 0.1) is 0 Å². The van der Waals surface area contributed by atoms with Crippen molar-refractivity contribution >= 4 is 5.91 Å². The molecule has 1 rings (SSSR count). The molecule has 0 atom stereocenters. The smallest absolute Gasteiger partial charge is 0.352 e. The minimum absolute atomic E-state index is 0.433. The number of amides is 1. The van der Waals surface area contributed by atoms with E-state index in [2.05, 4.69) is 5.32 Å². The van der Waals surface area contributed by atoms with Gasteiger partial charge in [-0.25, -0.2) is 0 Å². The average molecular weight is 251 g/mol. The van der Waals surface area contributed by atoms with Crippen LogP contribution in [0.25, 0.3) is 0 Å². The van der Waals surface area contributed by atoms with E-state index in [0.29, 0.717) is 0 Å². The largest absolute Gasteiger partial charge is 0.433 e. The number of alkyl halides is 3. The number of halogens is 3. The molecular formula is C9H12F3N3O2. The lowest BCUT2D eigenvalue weighted by Crippen LogP contribution is -2.25. The second-order valence-electron chi connectivity index (χ2n) is 3.59. The first-order valence-electron chi connectivity index (χ1n) is 4.72. The molecule has 0 fully saturated rings. The molecule has 1 amide bonds. The topological polar surface area (TPSA) is 56.0 Å². The Morgan fingerprint density at radius 1 is 1.29 bits per heavy atom. The van der Waals surface area contributed by atoms with Crippen LogP contribution in [0.4, 0.5) is 13.2 Å². The van der Waals surface area contributed by atoms with Gasteiger partial charge >= 0.3 is 6.18 Å². The number of aromatic nitrogens is 2. The fraction of sp³-hybridized carbons (Fsp3) is 0.556. The summed E-state index contributed by atoms with van der Waals surface area (Å²) in [7, 11) is 2.37. The highest BCUT2D eigenvalue weighted by Gasteiger charge is 2.39. The van der Waals surface area contributed by atoms with Gasteiger partial charge in [-0.05, 0) is 0 Å². The Hall–Kier alpha value is -1.73. The van der Waals surface area contributed by atoms with Crippen molar-refractivity contribution < 1.29 is 18.0 Å². The summed E-state index contributed by atoms with van der Waals surface area (Å²) in [5.41, 5.74) is -2.27. The molecule has 1 aromatic rings. The minimum Gasteiger partial charge on any atom is -0.352 e. The molecule has 0 aromatic carbocycles. The summed E-state index contributed by atoms with van der Waals surface area (Å²) in [5.74, 6) is -0.496. The lowest BCUT2D eigenvalue weighted by atomic mass is 10.2. The van der Waals surface area contributed by atoms with Gasteiger partial charge in [0.25, 0.3) is 5.56 Å². The molecule has 0 spiro atoms. The zero-order chi connectivity index (χ0) is 13.4. The second kappa shape index (κ2) is 4.27. The predicted octanol–water partition coefficient (Wildman–Crippen LogP) is 0.379. The first kappa shape index (κ1) is 13.3. The second-order valence-corrected chi connectivity index (χ2v) is 3.59. The maximum atomic E-state index is 12.7. The van der Waals surface area contributed by atoms with Gasteiger partial charge in [0.15, 0.2) is 0 Å². The van der Waals surface area contributed by atoms with E-state index in [-0.39, 0.29) is 0 Å². The highest BCUT2D eigenvalue weighted by Crippen LogP contribution is 2.30. The normalized spacial score (nSPS) is 11.6. The highest BCUT2D eigenvalue weighted by molar-refractivity contribution is 5.72. The van der Waals surface area contributed by atoms with Crippen molar-refractivity contribution in [1.29, 1.82) is 0 Å². The predicted molar refractivity (Wildman–Crippen MR) is 53.2 cm³/mol. The van der Waals surface area contributed by atoms with Crippen LogP contribution in [0.15, 0.2) is 4.79 Å². The molecule has 0 aliphatic carbocycles. The Balaban J connectivity index is 3.32. The summed E-state index contributed by atoms with van der Waals surface area (Å²) in [5, 5.41) is 2.19. The van der Waals surface area contributed by atoms with Crippen LogP contribution in [0.2, 0.25) is 0 Å². The van der Waals surface area contributed by atoms with Crippen molar-refractivity contribution in [2.75, 3.05) is 0 Å². The lowest BCUT2D eigenvalue weighted by Gasteiger charge is -2.10. The van der Waals surface area contributed by atoms with Crippen molar-refractivity contribution in [2.24, 2.45) is 14.1 Å². The van der Waals surface area contributed by atoms with E-state index in [1.165, 1.54) is 14.0 Å². The Kier molecular flexibility index (Phi) is 3.35. The van der Waals surface area contributed by atoms with E-state index in [9.17, 15) is 22.8 Å². The van der Waals surface area contributed by atoms with E-state index in [1.807, 2.05) is 0 Å². The molecule has 5 nitrogen and oxygen atoms in total. The summed E-state index contributed by atoms with van der Waals surface area (Å²) < 4.78 is 39.8. The monoisotopic (exact) mass is 251 g/mol. The van der Waals surface area contributed by atoms with Gasteiger partial charge in [-0.15, -0.1) is 0 Å². The highest BCUT2D eigenvalue weighted by atomic mass is 19.4. The molecule has 0 unspecified atom stereocenters. The molecule has 0 aliphatic rings. The zero-order valence-corrected chi connectivity index (χ0v) is 9.55. The molecular weight excluding hydrogens is 239 g/mol. The Morgan fingerprint density at radius 2 is 1.82 bits per heavy atom. The van der Waals surface area contributed by atoms with E-state index in [4.69, 9.17) is 0 Å². The first-order valence-corrected chi connectivity index (χ1v) is 4.72. The standard InChI is InChI=1S/C9H12F3N3O2/c1-5(16)13-4-6-7(9(10,11)12)14(2)15(3)8(6)17/h4H2,1-3H3,(H,13,16). The van der Waals surface area contributed by atoms with Gasteiger partial charge in [-0.3, -0.25) is 19.0 Å². The van der Waals surface area contributed by atoms with Crippen molar-refractivity contribution in [1.82, 2.24) is 14.7 Å². The molecule has 0 saturated heterocycles. The number of hydrogen-bond acceptors (Lipinski definition) is 2. The number of nitrogens with one attached hydrogen (secondary N) is 1. The third kappa shape index (κ3) is 2.51. The Morgan fingerprint density at radius 3 is 2.24 bits per heavy atom. The van der Waals surface area contributed by atoms with Crippen molar-refractivity contribution in [2.45, 2.75) is 19.6 Å². The molecule has 0 bridgehead atoms. The summed E-state index contributed by atoms with van der Waals surface area (Å²) in [4.78, 5) is 22.2. The molecule has 0 aliphatic heterocycles. The van der Waals surface area contributed by atoms with Gasteiger partial charge in [-0.2, -0.15) is 13.2 Å². The molecule has 0 radical (unpaired) electrons. The molecule has 8 heteroatoms. The van der Waals surface area contributed by atoms with Crippen LogP contribution in [0.5, 0.6) is 0 Å². The Bertz CT molecular complexity index is 499. The number of carbonyl (C=O) groups excluding carboxylic acids is 1. The van der Waals surface area contributed by atoms with Crippen LogP contribution in [-0.4, -0.2) is 15.3 Å². The average Bonchev–Trinajstić information content (AvgIpc) is 2.38. The van der Waals surface area contributed by atoms with Crippen LogP contribution < -0.4 is 10.9 Å². The molecule has 1 N–H and O–H groups in total. The number of rotatable bonds is 2. The van der Waals surface area contributed by atoms with Crippen LogP contribution in [-0.2, 0) is 31.6 Å². The third-order valence-corrected chi connectivity index (χ3v) is 2.39. The summed E-state index contributed by atoms with van der Waals surface area (Å²) in [6.45, 7) is 0.734. The molecule has 1 aromatic heterocycles. The maximum Gasteiger partial charge on any atom is 0.433 e. The molecule has 0 saturated carbocycles. The zero-order valence-electron chi connectivity index (χ0n) is 9.55. The number of carbonyl (C=O) groups is 1. The van der Waals surface area contributed by atoms with Gasteiger partial charge in [-0.1, -0.05) is 0 Å². The number of hydrogen-bond donors (Lipinski definition) is 1. The fourth-order valence-electron chi connectivity index (χ4n) is 1.50. The Labute approximate surface area is 94.8 Å². The SMILES string of the molecule is CC(=O)NCc1c(C(F)(F)F)n(C)n(C)c1=O. The van der Waals surface area contributed by atoms with Gasteiger partial charge < -0.3 is 5.32 Å². The first-order chi connectivity index (χ1) is 7.66. The van der Waals surface area contributed by atoms with E-state index < -0.39 is 35.4 Å². The van der Waals surface area contributed by atoms with Crippen molar-refractivity contribution in [3.63, 3.8) is 0 Å². The van der Waals surface area contributed by atoms with E-state index in [0.717, 1.165) is 16.4 Å². The lowest BCUT2D eigenvalue weighted by molar-refractivity contribution is -0.145. The van der Waals surface area contributed by atoms with E-state index >= 15 is 0 Å². The van der Waals surface area contributed by atoms with Crippen LogP contribution >= 0.6 is 0 Å². The van der Waals surface area contributed by atoms with Crippen LogP contribution in [0.3, 0.4) is 0 Å². The summed E-state index contributed by atoms with van der Waals surface area (Å²) in [6, 6.07) is 0. The molecule has 96 valence electrons. The van der Waals surface area contributed by atoms with E-state index in [1.54, 1.807) is 0 Å². The van der Waals surface area contributed by atoms with Gasteiger partial charge in [0.1, 0.15) is 5.69 Å². The van der Waals surface area contributed by atoms with Crippen LogP contribution in [0.1, 0.15) is 18.2 Å². The van der Waals surface area contributed by atoms with Gasteiger partial charge in [0.05, 0.1) is 12.1 Å². The minimum atomic E-state index is -4.64.